The average Bonchev–Trinajstić information content (AvgIpc) is 2.74. The highest BCUT2D eigenvalue weighted by Crippen LogP contribution is 2.18. The lowest BCUT2D eigenvalue weighted by atomic mass is 10.2. The van der Waals surface area contributed by atoms with Crippen molar-refractivity contribution in [1.82, 2.24) is 10.2 Å². The molecule has 0 aliphatic heterocycles. The van der Waals surface area contributed by atoms with E-state index in [-0.39, 0.29) is 0 Å². The first kappa shape index (κ1) is 13.9. The molecule has 4 heteroatoms. The Labute approximate surface area is 104 Å². The smallest absolute Gasteiger partial charge is 0.234 e. The topological polar surface area (TPSA) is 41.1 Å². The van der Waals surface area contributed by atoms with Gasteiger partial charge in [0.25, 0.3) is 0 Å². The molecule has 1 heterocycles. The van der Waals surface area contributed by atoms with E-state index in [0.717, 1.165) is 31.7 Å². The minimum absolute atomic E-state index is 0.525. The van der Waals surface area contributed by atoms with Crippen molar-refractivity contribution < 1.29 is 4.74 Å². The number of anilines is 1. The molecule has 0 saturated carbocycles. The highest BCUT2D eigenvalue weighted by Gasteiger charge is 2.09. The highest BCUT2D eigenvalue weighted by atomic mass is 16.5. The van der Waals surface area contributed by atoms with Crippen molar-refractivity contribution in [3.05, 3.63) is 6.07 Å². The van der Waals surface area contributed by atoms with Crippen molar-refractivity contribution in [2.45, 2.75) is 40.5 Å². The lowest BCUT2D eigenvalue weighted by molar-refractivity contribution is 0.261. The zero-order chi connectivity index (χ0) is 12.7. The fraction of sp³-hybridized carbons (Fsp3) is 0.769. The Morgan fingerprint density at radius 3 is 2.47 bits per heavy atom. The number of aromatic amines is 1. The molecule has 0 aliphatic carbocycles. The normalized spacial score (nSPS) is 10.9. The van der Waals surface area contributed by atoms with E-state index in [1.54, 1.807) is 0 Å². The Bertz CT molecular complexity index is 303. The van der Waals surface area contributed by atoms with E-state index in [0.29, 0.717) is 18.4 Å². The van der Waals surface area contributed by atoms with Crippen LogP contribution in [0.4, 0.5) is 5.82 Å². The predicted octanol–water partition coefficient (Wildman–Crippen LogP) is 3.07. The predicted molar refractivity (Wildman–Crippen MR) is 71.7 cm³/mol. The fourth-order valence-electron chi connectivity index (χ4n) is 1.67. The van der Waals surface area contributed by atoms with Crippen LogP contribution in [-0.4, -0.2) is 29.9 Å². The quantitative estimate of drug-likeness (QED) is 0.758. The van der Waals surface area contributed by atoms with Crippen LogP contribution in [0.1, 0.15) is 40.5 Å². The van der Waals surface area contributed by atoms with Gasteiger partial charge in [0.1, 0.15) is 5.82 Å². The van der Waals surface area contributed by atoms with Crippen molar-refractivity contribution in [2.24, 2.45) is 5.92 Å². The standard InChI is InChI=1S/C13H25N3O/c1-5-7-16(8-6-2)12-9-13(15-14-12)17-10-11(3)4/h9,11H,5-8,10H2,1-4H3,(H,14,15). The maximum absolute atomic E-state index is 5.59. The molecule has 1 rings (SSSR count). The minimum atomic E-state index is 0.525. The average molecular weight is 239 g/mol. The summed E-state index contributed by atoms with van der Waals surface area (Å²) in [6, 6.07) is 1.99. The number of rotatable bonds is 8. The first-order chi connectivity index (χ1) is 8.17. The van der Waals surface area contributed by atoms with Crippen LogP contribution < -0.4 is 9.64 Å². The van der Waals surface area contributed by atoms with Gasteiger partial charge >= 0.3 is 0 Å². The van der Waals surface area contributed by atoms with Gasteiger partial charge in [-0.15, -0.1) is 5.10 Å². The van der Waals surface area contributed by atoms with Crippen molar-refractivity contribution >= 4 is 5.82 Å². The summed E-state index contributed by atoms with van der Waals surface area (Å²) in [5.41, 5.74) is 0. The third kappa shape index (κ3) is 4.67. The zero-order valence-electron chi connectivity index (χ0n) is 11.5. The maximum Gasteiger partial charge on any atom is 0.234 e. The van der Waals surface area contributed by atoms with Crippen molar-refractivity contribution in [2.75, 3.05) is 24.6 Å². The Morgan fingerprint density at radius 2 is 1.94 bits per heavy atom. The summed E-state index contributed by atoms with van der Waals surface area (Å²) in [7, 11) is 0. The second-order valence-electron chi connectivity index (χ2n) is 4.78. The largest absolute Gasteiger partial charge is 0.476 e. The van der Waals surface area contributed by atoms with Crippen LogP contribution in [0.3, 0.4) is 0 Å². The molecule has 0 radical (unpaired) electrons. The number of H-pyrrole nitrogens is 1. The molecule has 1 aromatic rings. The highest BCUT2D eigenvalue weighted by molar-refractivity contribution is 5.41. The Morgan fingerprint density at radius 1 is 1.29 bits per heavy atom. The first-order valence-corrected chi connectivity index (χ1v) is 6.60. The van der Waals surface area contributed by atoms with Gasteiger partial charge in [-0.25, -0.2) is 0 Å². The summed E-state index contributed by atoms with van der Waals surface area (Å²) in [5, 5.41) is 7.23. The van der Waals surface area contributed by atoms with Gasteiger partial charge in [0.05, 0.1) is 6.61 Å². The molecular weight excluding hydrogens is 214 g/mol. The van der Waals surface area contributed by atoms with Crippen LogP contribution >= 0.6 is 0 Å². The van der Waals surface area contributed by atoms with Crippen LogP contribution in [-0.2, 0) is 0 Å². The third-order valence-electron chi connectivity index (χ3n) is 2.43. The van der Waals surface area contributed by atoms with Crippen LogP contribution in [0.2, 0.25) is 0 Å². The van der Waals surface area contributed by atoms with Crippen LogP contribution in [0, 0.1) is 5.92 Å². The molecule has 1 N–H and O–H groups in total. The summed E-state index contributed by atoms with van der Waals surface area (Å²) < 4.78 is 5.59. The summed E-state index contributed by atoms with van der Waals surface area (Å²) in [4.78, 5) is 2.31. The molecule has 0 fully saturated rings. The Balaban J connectivity index is 2.57. The molecule has 0 bridgehead atoms. The molecule has 0 unspecified atom stereocenters. The second-order valence-corrected chi connectivity index (χ2v) is 4.78. The monoisotopic (exact) mass is 239 g/mol. The number of ether oxygens (including phenoxy) is 1. The first-order valence-electron chi connectivity index (χ1n) is 6.60. The molecule has 0 spiro atoms. The van der Waals surface area contributed by atoms with E-state index in [1.807, 2.05) is 6.07 Å². The summed E-state index contributed by atoms with van der Waals surface area (Å²) >= 11 is 0. The maximum atomic E-state index is 5.59. The van der Waals surface area contributed by atoms with Crippen LogP contribution in [0.15, 0.2) is 6.07 Å². The Hall–Kier alpha value is -1.19. The lowest BCUT2D eigenvalue weighted by Gasteiger charge is -2.20. The molecule has 17 heavy (non-hydrogen) atoms. The number of hydrogen-bond acceptors (Lipinski definition) is 3. The summed E-state index contributed by atoms with van der Waals surface area (Å²) in [5.74, 6) is 2.29. The van der Waals surface area contributed by atoms with Gasteiger partial charge < -0.3 is 9.64 Å². The van der Waals surface area contributed by atoms with Gasteiger partial charge in [0.2, 0.25) is 5.88 Å². The number of hydrogen-bond donors (Lipinski definition) is 1. The molecule has 0 amide bonds. The third-order valence-corrected chi connectivity index (χ3v) is 2.43. The molecule has 0 aliphatic rings. The Kier molecular flexibility index (Phi) is 5.87. The van der Waals surface area contributed by atoms with Gasteiger partial charge in [-0.05, 0) is 18.8 Å². The number of nitrogens with zero attached hydrogens (tertiary/aromatic N) is 2. The molecule has 4 nitrogen and oxygen atoms in total. The second kappa shape index (κ2) is 7.20. The fourth-order valence-corrected chi connectivity index (χ4v) is 1.67. The molecule has 0 saturated heterocycles. The van der Waals surface area contributed by atoms with Gasteiger partial charge in [-0.1, -0.05) is 27.7 Å². The van der Waals surface area contributed by atoms with E-state index in [4.69, 9.17) is 4.74 Å². The molecular formula is C13H25N3O. The van der Waals surface area contributed by atoms with Crippen molar-refractivity contribution in [1.29, 1.82) is 0 Å². The minimum Gasteiger partial charge on any atom is -0.476 e. The van der Waals surface area contributed by atoms with Gasteiger partial charge in [0, 0.05) is 19.2 Å². The molecule has 0 aromatic carbocycles. The lowest BCUT2D eigenvalue weighted by Crippen LogP contribution is -2.25. The van der Waals surface area contributed by atoms with Crippen LogP contribution in [0.25, 0.3) is 0 Å². The van der Waals surface area contributed by atoms with Gasteiger partial charge in [-0.3, -0.25) is 5.10 Å². The van der Waals surface area contributed by atoms with E-state index in [2.05, 4.69) is 42.8 Å². The number of aromatic nitrogens is 2. The van der Waals surface area contributed by atoms with Crippen molar-refractivity contribution in [3.8, 4) is 5.88 Å². The van der Waals surface area contributed by atoms with E-state index in [1.165, 1.54) is 0 Å². The van der Waals surface area contributed by atoms with E-state index >= 15 is 0 Å². The zero-order valence-corrected chi connectivity index (χ0v) is 11.5. The summed E-state index contributed by atoms with van der Waals surface area (Å²) in [6.07, 6.45) is 2.28. The van der Waals surface area contributed by atoms with Gasteiger partial charge in [0.15, 0.2) is 0 Å². The van der Waals surface area contributed by atoms with E-state index < -0.39 is 0 Å². The van der Waals surface area contributed by atoms with E-state index in [9.17, 15) is 0 Å². The molecule has 0 atom stereocenters. The molecule has 98 valence electrons. The van der Waals surface area contributed by atoms with Crippen molar-refractivity contribution in [3.63, 3.8) is 0 Å². The molecule has 1 aromatic heterocycles. The number of nitrogens with one attached hydrogen (secondary N) is 1. The van der Waals surface area contributed by atoms with Crippen LogP contribution in [0.5, 0.6) is 5.88 Å². The SMILES string of the molecule is CCCN(CCC)c1cc(OCC(C)C)n[nH]1. The van der Waals surface area contributed by atoms with Gasteiger partial charge in [-0.2, -0.15) is 0 Å². The summed E-state index contributed by atoms with van der Waals surface area (Å²) in [6.45, 7) is 11.5.